The maximum absolute atomic E-state index is 5.85. The van der Waals surface area contributed by atoms with Gasteiger partial charge in [0, 0.05) is 19.1 Å². The zero-order valence-corrected chi connectivity index (χ0v) is 10.1. The summed E-state index contributed by atoms with van der Waals surface area (Å²) in [5.41, 5.74) is 5.85. The summed E-state index contributed by atoms with van der Waals surface area (Å²) in [5, 5.41) is 0. The second-order valence-corrected chi connectivity index (χ2v) is 5.52. The zero-order valence-electron chi connectivity index (χ0n) is 10.1. The van der Waals surface area contributed by atoms with Crippen molar-refractivity contribution in [2.45, 2.75) is 51.5 Å². The smallest absolute Gasteiger partial charge is 0.00966 e. The molecule has 1 atom stereocenters. The molecule has 15 heavy (non-hydrogen) atoms. The van der Waals surface area contributed by atoms with E-state index in [9.17, 15) is 0 Å². The predicted octanol–water partition coefficient (Wildman–Crippen LogP) is 2.24. The van der Waals surface area contributed by atoms with E-state index in [2.05, 4.69) is 11.8 Å². The van der Waals surface area contributed by atoms with E-state index in [-0.39, 0.29) is 0 Å². The Morgan fingerprint density at radius 1 is 1.27 bits per heavy atom. The van der Waals surface area contributed by atoms with Gasteiger partial charge in [-0.3, -0.25) is 4.90 Å². The van der Waals surface area contributed by atoms with Gasteiger partial charge in [0.05, 0.1) is 0 Å². The average molecular weight is 210 g/mol. The summed E-state index contributed by atoms with van der Waals surface area (Å²) in [6.45, 7) is 5.78. The van der Waals surface area contributed by atoms with E-state index in [1.54, 1.807) is 0 Å². The number of hydrogen-bond acceptors (Lipinski definition) is 2. The van der Waals surface area contributed by atoms with Gasteiger partial charge in [-0.1, -0.05) is 13.3 Å². The van der Waals surface area contributed by atoms with Gasteiger partial charge in [-0.15, -0.1) is 0 Å². The van der Waals surface area contributed by atoms with Crippen LogP contribution in [0.1, 0.15) is 45.4 Å². The van der Waals surface area contributed by atoms with Crippen LogP contribution in [0.15, 0.2) is 0 Å². The summed E-state index contributed by atoms with van der Waals surface area (Å²) in [6, 6.07) is 0.927. The zero-order chi connectivity index (χ0) is 10.7. The van der Waals surface area contributed by atoms with Crippen LogP contribution in [0.25, 0.3) is 0 Å². The van der Waals surface area contributed by atoms with E-state index >= 15 is 0 Å². The van der Waals surface area contributed by atoms with Gasteiger partial charge in [0.1, 0.15) is 0 Å². The Labute approximate surface area is 94.2 Å². The standard InChI is InChI=1S/C13H26N2/c1-2-3-12(8-14)10-15(13-6-7-13)9-11-4-5-11/h11-13H,2-10,14H2,1H3. The lowest BCUT2D eigenvalue weighted by Crippen LogP contribution is -2.36. The Bertz CT molecular complexity index is 185. The van der Waals surface area contributed by atoms with Gasteiger partial charge in [-0.05, 0) is 50.5 Å². The molecule has 2 rings (SSSR count). The predicted molar refractivity (Wildman–Crippen MR) is 64.8 cm³/mol. The van der Waals surface area contributed by atoms with Crippen LogP contribution in [0, 0.1) is 11.8 Å². The fourth-order valence-corrected chi connectivity index (χ4v) is 2.47. The molecule has 0 aliphatic heterocycles. The van der Waals surface area contributed by atoms with Crippen molar-refractivity contribution in [1.82, 2.24) is 4.90 Å². The van der Waals surface area contributed by atoms with Crippen LogP contribution < -0.4 is 5.73 Å². The quantitative estimate of drug-likeness (QED) is 0.666. The third-order valence-corrected chi connectivity index (χ3v) is 3.78. The molecule has 1 unspecified atom stereocenters. The molecule has 0 heterocycles. The first kappa shape index (κ1) is 11.4. The fourth-order valence-electron chi connectivity index (χ4n) is 2.47. The van der Waals surface area contributed by atoms with Gasteiger partial charge in [0.2, 0.25) is 0 Å². The first-order valence-corrected chi connectivity index (χ1v) is 6.77. The molecular weight excluding hydrogens is 184 g/mol. The summed E-state index contributed by atoms with van der Waals surface area (Å²) in [7, 11) is 0. The lowest BCUT2D eigenvalue weighted by atomic mass is 10.0. The summed E-state index contributed by atoms with van der Waals surface area (Å²) in [4.78, 5) is 2.74. The molecule has 2 heteroatoms. The van der Waals surface area contributed by atoms with Crippen molar-refractivity contribution >= 4 is 0 Å². The summed E-state index contributed by atoms with van der Waals surface area (Å²) >= 11 is 0. The molecule has 0 spiro atoms. The van der Waals surface area contributed by atoms with E-state index in [0.29, 0.717) is 0 Å². The molecule has 0 radical (unpaired) electrons. The Morgan fingerprint density at radius 3 is 2.47 bits per heavy atom. The van der Waals surface area contributed by atoms with E-state index in [1.165, 1.54) is 51.6 Å². The van der Waals surface area contributed by atoms with Crippen LogP contribution in [0.2, 0.25) is 0 Å². The minimum Gasteiger partial charge on any atom is -0.330 e. The van der Waals surface area contributed by atoms with Crippen molar-refractivity contribution in [1.29, 1.82) is 0 Å². The van der Waals surface area contributed by atoms with Crippen molar-refractivity contribution in [2.24, 2.45) is 17.6 Å². The van der Waals surface area contributed by atoms with Gasteiger partial charge in [-0.25, -0.2) is 0 Å². The van der Waals surface area contributed by atoms with E-state index in [4.69, 9.17) is 5.73 Å². The Morgan fingerprint density at radius 2 is 2.00 bits per heavy atom. The van der Waals surface area contributed by atoms with Crippen LogP contribution in [-0.2, 0) is 0 Å². The molecule has 0 amide bonds. The summed E-state index contributed by atoms with van der Waals surface area (Å²) < 4.78 is 0. The van der Waals surface area contributed by atoms with Crippen molar-refractivity contribution in [3.63, 3.8) is 0 Å². The third-order valence-electron chi connectivity index (χ3n) is 3.78. The monoisotopic (exact) mass is 210 g/mol. The SMILES string of the molecule is CCCC(CN)CN(CC1CC1)C1CC1. The molecule has 2 saturated carbocycles. The van der Waals surface area contributed by atoms with E-state index in [1.807, 2.05) is 0 Å². The molecule has 2 aliphatic rings. The highest BCUT2D eigenvalue weighted by atomic mass is 15.2. The second-order valence-electron chi connectivity index (χ2n) is 5.52. The van der Waals surface area contributed by atoms with Gasteiger partial charge in [-0.2, -0.15) is 0 Å². The molecule has 0 aromatic heterocycles. The highest BCUT2D eigenvalue weighted by Crippen LogP contribution is 2.35. The van der Waals surface area contributed by atoms with Gasteiger partial charge >= 0.3 is 0 Å². The molecule has 2 aliphatic carbocycles. The number of nitrogens with two attached hydrogens (primary N) is 1. The minimum atomic E-state index is 0.745. The maximum atomic E-state index is 5.85. The Hall–Kier alpha value is -0.0800. The van der Waals surface area contributed by atoms with Crippen molar-refractivity contribution in [3.05, 3.63) is 0 Å². The Kier molecular flexibility index (Phi) is 4.04. The molecule has 0 bridgehead atoms. The first-order valence-electron chi connectivity index (χ1n) is 6.77. The normalized spacial score (nSPS) is 23.4. The lowest BCUT2D eigenvalue weighted by molar-refractivity contribution is 0.209. The van der Waals surface area contributed by atoms with Crippen LogP contribution >= 0.6 is 0 Å². The van der Waals surface area contributed by atoms with Gasteiger partial charge in [0.25, 0.3) is 0 Å². The van der Waals surface area contributed by atoms with Gasteiger partial charge < -0.3 is 5.73 Å². The first-order chi connectivity index (χ1) is 7.33. The molecule has 0 saturated heterocycles. The topological polar surface area (TPSA) is 29.3 Å². The van der Waals surface area contributed by atoms with Crippen LogP contribution in [-0.4, -0.2) is 30.6 Å². The molecule has 2 nitrogen and oxygen atoms in total. The molecular formula is C13H26N2. The maximum Gasteiger partial charge on any atom is 0.00966 e. The second kappa shape index (κ2) is 5.31. The van der Waals surface area contributed by atoms with E-state index in [0.717, 1.165) is 24.4 Å². The Balaban J connectivity index is 1.75. The number of hydrogen-bond donors (Lipinski definition) is 1. The molecule has 0 aromatic rings. The summed E-state index contributed by atoms with van der Waals surface area (Å²) in [6.07, 6.45) is 8.43. The van der Waals surface area contributed by atoms with Crippen molar-refractivity contribution in [2.75, 3.05) is 19.6 Å². The van der Waals surface area contributed by atoms with Crippen molar-refractivity contribution in [3.8, 4) is 0 Å². The van der Waals surface area contributed by atoms with Crippen molar-refractivity contribution < 1.29 is 0 Å². The highest BCUT2D eigenvalue weighted by molar-refractivity contribution is 4.89. The summed E-state index contributed by atoms with van der Waals surface area (Å²) in [5.74, 6) is 1.78. The minimum absolute atomic E-state index is 0.745. The average Bonchev–Trinajstić information content (AvgIpc) is 3.07. The molecule has 2 N–H and O–H groups in total. The highest BCUT2D eigenvalue weighted by Gasteiger charge is 2.34. The van der Waals surface area contributed by atoms with Crippen LogP contribution in [0.3, 0.4) is 0 Å². The number of nitrogens with zero attached hydrogens (tertiary/aromatic N) is 1. The number of rotatable bonds is 8. The van der Waals surface area contributed by atoms with Gasteiger partial charge in [0.15, 0.2) is 0 Å². The van der Waals surface area contributed by atoms with Crippen LogP contribution in [0.5, 0.6) is 0 Å². The molecule has 2 fully saturated rings. The largest absolute Gasteiger partial charge is 0.330 e. The molecule has 88 valence electrons. The lowest BCUT2D eigenvalue weighted by Gasteiger charge is -2.26. The third kappa shape index (κ3) is 3.76. The fraction of sp³-hybridized carbons (Fsp3) is 1.00. The molecule has 0 aromatic carbocycles. The van der Waals surface area contributed by atoms with E-state index < -0.39 is 0 Å². The van der Waals surface area contributed by atoms with Crippen LogP contribution in [0.4, 0.5) is 0 Å².